The van der Waals surface area contributed by atoms with E-state index in [0.717, 1.165) is 23.8 Å². The monoisotopic (exact) mass is 426 g/mol. The van der Waals surface area contributed by atoms with Crippen LogP contribution < -0.4 is 16.0 Å². The number of nitrogens with zero attached hydrogens (tertiary/aromatic N) is 3. The molecule has 0 bridgehead atoms. The molecule has 0 saturated heterocycles. The van der Waals surface area contributed by atoms with Gasteiger partial charge in [0.15, 0.2) is 5.96 Å². The Bertz CT molecular complexity index is 813. The van der Waals surface area contributed by atoms with Crippen LogP contribution in [0.4, 0.5) is 5.69 Å². The first kappa shape index (κ1) is 22.8. The van der Waals surface area contributed by atoms with Crippen LogP contribution in [0.5, 0.6) is 0 Å². The van der Waals surface area contributed by atoms with Crippen LogP contribution >= 0.6 is 0 Å². The zero-order valence-corrected chi connectivity index (χ0v) is 18.3. The summed E-state index contributed by atoms with van der Waals surface area (Å²) in [5, 5.41) is 13.6. The molecule has 1 aliphatic rings. The number of aromatic nitrogens is 2. The van der Waals surface area contributed by atoms with Crippen LogP contribution in [-0.4, -0.2) is 48.0 Å². The number of aliphatic imine (C=N–C) groups is 1. The summed E-state index contributed by atoms with van der Waals surface area (Å²) in [7, 11) is 1.76. The van der Waals surface area contributed by atoms with E-state index in [9.17, 15) is 4.79 Å². The lowest BCUT2D eigenvalue weighted by Gasteiger charge is -2.17. The summed E-state index contributed by atoms with van der Waals surface area (Å²) >= 11 is 0. The van der Waals surface area contributed by atoms with Gasteiger partial charge in [0.2, 0.25) is 5.91 Å². The summed E-state index contributed by atoms with van der Waals surface area (Å²) < 4.78 is 7.61. The third-order valence-electron chi connectivity index (χ3n) is 5.31. The number of hydrogen-bond donors (Lipinski definition) is 3. The molecule has 3 rings (SSSR count). The molecule has 168 valence electrons. The van der Waals surface area contributed by atoms with E-state index >= 15 is 0 Å². The number of nitrogens with one attached hydrogen (secondary N) is 3. The van der Waals surface area contributed by atoms with Crippen LogP contribution in [0.3, 0.4) is 0 Å². The fraction of sp³-hybridized carbons (Fsp3) is 0.522. The lowest BCUT2D eigenvalue weighted by Crippen LogP contribution is -2.38. The van der Waals surface area contributed by atoms with E-state index in [1.807, 2.05) is 24.3 Å². The van der Waals surface area contributed by atoms with Gasteiger partial charge in [-0.25, -0.2) is 0 Å². The van der Waals surface area contributed by atoms with E-state index in [-0.39, 0.29) is 12.5 Å². The highest BCUT2D eigenvalue weighted by atomic mass is 16.5. The molecule has 1 aromatic heterocycles. The molecule has 0 aliphatic heterocycles. The van der Waals surface area contributed by atoms with Gasteiger partial charge in [-0.05, 0) is 36.6 Å². The van der Waals surface area contributed by atoms with E-state index in [0.29, 0.717) is 19.3 Å². The van der Waals surface area contributed by atoms with Crippen LogP contribution in [0.2, 0.25) is 0 Å². The number of hydrogen-bond acceptors (Lipinski definition) is 4. The molecule has 31 heavy (non-hydrogen) atoms. The number of amides is 1. The minimum atomic E-state index is -0.111. The molecular weight excluding hydrogens is 392 g/mol. The average molecular weight is 427 g/mol. The number of guanidine groups is 1. The van der Waals surface area contributed by atoms with Gasteiger partial charge >= 0.3 is 0 Å². The highest BCUT2D eigenvalue weighted by Gasteiger charge is 2.12. The minimum Gasteiger partial charge on any atom is -0.376 e. The normalized spacial score (nSPS) is 15.3. The number of rotatable bonds is 9. The number of carbonyl (C=O) groups is 1. The Kier molecular flexibility index (Phi) is 9.37. The van der Waals surface area contributed by atoms with E-state index in [4.69, 9.17) is 4.74 Å². The van der Waals surface area contributed by atoms with Crippen molar-refractivity contribution in [3.05, 3.63) is 48.3 Å². The van der Waals surface area contributed by atoms with Gasteiger partial charge in [0.05, 0.1) is 12.7 Å². The molecule has 0 spiro atoms. The van der Waals surface area contributed by atoms with E-state index in [1.54, 1.807) is 30.2 Å². The van der Waals surface area contributed by atoms with Gasteiger partial charge in [0.1, 0.15) is 6.54 Å². The quantitative estimate of drug-likeness (QED) is 0.248. The van der Waals surface area contributed by atoms with Gasteiger partial charge in [-0.2, -0.15) is 5.10 Å². The van der Waals surface area contributed by atoms with Crippen molar-refractivity contribution >= 4 is 17.6 Å². The third-order valence-corrected chi connectivity index (χ3v) is 5.31. The van der Waals surface area contributed by atoms with Crippen LogP contribution in [0.15, 0.2) is 47.7 Å². The zero-order chi connectivity index (χ0) is 21.7. The Morgan fingerprint density at radius 2 is 2.03 bits per heavy atom. The van der Waals surface area contributed by atoms with Gasteiger partial charge in [0, 0.05) is 38.2 Å². The first-order chi connectivity index (χ1) is 15.2. The SMILES string of the molecule is CN=C(NCCOC1CCCCCC1)NCc1cccc(NC(=O)Cn2cccn2)c1. The molecule has 1 amide bonds. The smallest absolute Gasteiger partial charge is 0.246 e. The molecular formula is C23H34N6O2. The highest BCUT2D eigenvalue weighted by Crippen LogP contribution is 2.19. The standard InChI is InChI=1S/C23H34N6O2/c1-24-23(25-13-15-31-21-10-4-2-3-5-11-21)26-17-19-8-6-9-20(16-19)28-22(30)18-29-14-7-12-27-29/h6-9,12,14,16,21H,2-5,10-11,13,15,17-18H2,1H3,(H,28,30)(H2,24,25,26). The molecule has 1 fully saturated rings. The number of carbonyl (C=O) groups excluding carboxylic acids is 1. The van der Waals surface area contributed by atoms with Crippen molar-refractivity contribution in [1.29, 1.82) is 0 Å². The molecule has 8 nitrogen and oxygen atoms in total. The van der Waals surface area contributed by atoms with Crippen molar-refractivity contribution in [2.24, 2.45) is 4.99 Å². The molecule has 0 unspecified atom stereocenters. The minimum absolute atomic E-state index is 0.111. The van der Waals surface area contributed by atoms with Crippen LogP contribution in [0.25, 0.3) is 0 Å². The Morgan fingerprint density at radius 3 is 2.77 bits per heavy atom. The summed E-state index contributed by atoms with van der Waals surface area (Å²) in [6, 6.07) is 9.57. The van der Waals surface area contributed by atoms with E-state index in [2.05, 4.69) is 26.0 Å². The molecule has 1 aliphatic carbocycles. The Balaban J connectivity index is 1.37. The van der Waals surface area contributed by atoms with Crippen molar-refractivity contribution in [1.82, 2.24) is 20.4 Å². The second-order valence-corrected chi connectivity index (χ2v) is 7.79. The largest absolute Gasteiger partial charge is 0.376 e. The van der Waals surface area contributed by atoms with Crippen molar-refractivity contribution in [3.8, 4) is 0 Å². The van der Waals surface area contributed by atoms with E-state index < -0.39 is 0 Å². The Labute approximate surface area is 184 Å². The maximum absolute atomic E-state index is 12.2. The number of anilines is 1. The van der Waals surface area contributed by atoms with Gasteiger partial charge in [-0.15, -0.1) is 0 Å². The molecule has 3 N–H and O–H groups in total. The van der Waals surface area contributed by atoms with Crippen molar-refractivity contribution in [2.45, 2.75) is 57.7 Å². The molecule has 1 heterocycles. The van der Waals surface area contributed by atoms with Crippen molar-refractivity contribution < 1.29 is 9.53 Å². The first-order valence-electron chi connectivity index (χ1n) is 11.2. The third kappa shape index (κ3) is 8.41. The van der Waals surface area contributed by atoms with Gasteiger partial charge in [0.25, 0.3) is 0 Å². The van der Waals surface area contributed by atoms with Gasteiger partial charge < -0.3 is 20.7 Å². The Hall–Kier alpha value is -2.87. The van der Waals surface area contributed by atoms with Gasteiger partial charge in [-0.1, -0.05) is 37.8 Å². The molecule has 0 radical (unpaired) electrons. The molecule has 8 heteroatoms. The lowest BCUT2D eigenvalue weighted by atomic mass is 10.1. The van der Waals surface area contributed by atoms with Crippen molar-refractivity contribution in [2.75, 3.05) is 25.5 Å². The molecule has 2 aromatic rings. The number of benzene rings is 1. The van der Waals surface area contributed by atoms with Crippen LogP contribution in [0, 0.1) is 0 Å². The van der Waals surface area contributed by atoms with Crippen molar-refractivity contribution in [3.63, 3.8) is 0 Å². The summed E-state index contributed by atoms with van der Waals surface area (Å²) in [6.45, 7) is 2.20. The lowest BCUT2D eigenvalue weighted by molar-refractivity contribution is -0.116. The second kappa shape index (κ2) is 12.7. The van der Waals surface area contributed by atoms with Gasteiger partial charge in [-0.3, -0.25) is 14.5 Å². The van der Waals surface area contributed by atoms with Crippen LogP contribution in [-0.2, 0) is 22.6 Å². The number of ether oxygens (including phenoxy) is 1. The molecule has 1 saturated carbocycles. The second-order valence-electron chi connectivity index (χ2n) is 7.79. The maximum Gasteiger partial charge on any atom is 0.246 e. The zero-order valence-electron chi connectivity index (χ0n) is 18.3. The summed E-state index contributed by atoms with van der Waals surface area (Å²) in [5.74, 6) is 0.623. The highest BCUT2D eigenvalue weighted by molar-refractivity contribution is 5.90. The summed E-state index contributed by atoms with van der Waals surface area (Å²) in [5.41, 5.74) is 1.81. The Morgan fingerprint density at radius 1 is 1.19 bits per heavy atom. The summed E-state index contributed by atoms with van der Waals surface area (Å²) in [6.07, 6.45) is 11.4. The fourth-order valence-corrected chi connectivity index (χ4v) is 3.71. The predicted molar refractivity (Wildman–Crippen MR) is 123 cm³/mol. The summed E-state index contributed by atoms with van der Waals surface area (Å²) in [4.78, 5) is 16.4. The topological polar surface area (TPSA) is 92.6 Å². The van der Waals surface area contributed by atoms with E-state index in [1.165, 1.54) is 38.5 Å². The first-order valence-corrected chi connectivity index (χ1v) is 11.2. The molecule has 0 atom stereocenters. The maximum atomic E-state index is 12.2. The molecule has 1 aromatic carbocycles. The van der Waals surface area contributed by atoms with Crippen LogP contribution in [0.1, 0.15) is 44.1 Å². The predicted octanol–water partition coefficient (Wildman–Crippen LogP) is 2.93. The average Bonchev–Trinajstić information content (AvgIpc) is 3.14. The fourth-order valence-electron chi connectivity index (χ4n) is 3.71.